The number of amides is 2. The molecule has 1 saturated heterocycles. The van der Waals surface area contributed by atoms with Crippen molar-refractivity contribution in [3.05, 3.63) is 29.8 Å². The van der Waals surface area contributed by atoms with Crippen LogP contribution in [0.15, 0.2) is 24.3 Å². The normalized spacial score (nSPS) is 14.6. The molecule has 0 saturated carbocycles. The molecule has 6 heteroatoms. The number of anilines is 1. The molecule has 1 aromatic rings. The Kier molecular flexibility index (Phi) is 4.02. The summed E-state index contributed by atoms with van der Waals surface area (Å²) >= 11 is 0. The second-order valence-electron chi connectivity index (χ2n) is 4.46. The third kappa shape index (κ3) is 2.64. The lowest BCUT2D eigenvalue weighted by Crippen LogP contribution is -2.29. The number of Topliss-reactive ketones (excluding diaryl/α,β-unsaturated/α-hetero) is 1. The van der Waals surface area contributed by atoms with Crippen molar-refractivity contribution in [3.63, 3.8) is 0 Å². The Bertz CT molecular complexity index is 556. The van der Waals surface area contributed by atoms with Crippen LogP contribution in [0.25, 0.3) is 0 Å². The maximum atomic E-state index is 11.9. The molecule has 0 bridgehead atoms. The summed E-state index contributed by atoms with van der Waals surface area (Å²) in [5, 5.41) is 0. The van der Waals surface area contributed by atoms with Gasteiger partial charge in [-0.15, -0.1) is 0 Å². The van der Waals surface area contributed by atoms with Crippen LogP contribution in [-0.2, 0) is 9.53 Å². The summed E-state index contributed by atoms with van der Waals surface area (Å²) in [6.07, 6.45) is 0. The lowest BCUT2D eigenvalue weighted by Gasteiger charge is -2.16. The predicted molar refractivity (Wildman–Crippen MR) is 72.8 cm³/mol. The third-order valence-electron chi connectivity index (χ3n) is 3.10. The van der Waals surface area contributed by atoms with Gasteiger partial charge in [-0.1, -0.05) is 12.1 Å². The summed E-state index contributed by atoms with van der Waals surface area (Å²) in [4.78, 5) is 38.4. The molecule has 0 atom stereocenters. The zero-order valence-corrected chi connectivity index (χ0v) is 11.5. The fourth-order valence-corrected chi connectivity index (χ4v) is 2.02. The first-order valence-corrected chi connectivity index (χ1v) is 6.38. The van der Waals surface area contributed by atoms with E-state index in [2.05, 4.69) is 4.74 Å². The van der Waals surface area contributed by atoms with Gasteiger partial charge in [-0.2, -0.15) is 0 Å². The molecule has 0 spiro atoms. The maximum absolute atomic E-state index is 11.9. The summed E-state index contributed by atoms with van der Waals surface area (Å²) in [5.41, 5.74) is 0.831. The molecular formula is C14H16N2O4. The minimum Gasteiger partial charge on any atom is -0.460 e. The van der Waals surface area contributed by atoms with Gasteiger partial charge in [0.1, 0.15) is 0 Å². The standard InChI is InChI=1S/C14H16N2O4/c1-3-20-13(18)12(17)10-5-4-6-11(9-10)16-8-7-15(2)14(16)19/h4-6,9H,3,7-8H2,1-2H3. The lowest BCUT2D eigenvalue weighted by molar-refractivity contribution is -0.137. The van der Waals surface area contributed by atoms with Crippen LogP contribution in [0, 0.1) is 0 Å². The average Bonchev–Trinajstić information content (AvgIpc) is 2.78. The summed E-state index contributed by atoms with van der Waals surface area (Å²) in [6.45, 7) is 2.99. The Labute approximate surface area is 116 Å². The molecule has 0 unspecified atom stereocenters. The molecule has 0 radical (unpaired) electrons. The van der Waals surface area contributed by atoms with Crippen molar-refractivity contribution in [2.24, 2.45) is 0 Å². The monoisotopic (exact) mass is 276 g/mol. The summed E-state index contributed by atoms with van der Waals surface area (Å²) in [5.74, 6) is -1.58. The van der Waals surface area contributed by atoms with Crippen molar-refractivity contribution in [1.29, 1.82) is 0 Å². The predicted octanol–water partition coefficient (Wildman–Crippen LogP) is 1.30. The SMILES string of the molecule is CCOC(=O)C(=O)c1cccc(N2CCN(C)C2=O)c1. The van der Waals surface area contributed by atoms with Gasteiger partial charge in [-0.3, -0.25) is 9.69 Å². The van der Waals surface area contributed by atoms with E-state index in [1.54, 1.807) is 35.9 Å². The molecule has 2 rings (SSSR count). The number of urea groups is 1. The number of nitrogens with zero attached hydrogens (tertiary/aromatic N) is 2. The number of benzene rings is 1. The zero-order chi connectivity index (χ0) is 14.7. The minimum atomic E-state index is -0.880. The number of rotatable bonds is 4. The highest BCUT2D eigenvalue weighted by Gasteiger charge is 2.27. The van der Waals surface area contributed by atoms with Gasteiger partial charge >= 0.3 is 12.0 Å². The van der Waals surface area contributed by atoms with Crippen molar-refractivity contribution in [2.45, 2.75) is 6.92 Å². The molecule has 1 aliphatic rings. The van der Waals surface area contributed by atoms with Gasteiger partial charge in [0.15, 0.2) is 0 Å². The largest absolute Gasteiger partial charge is 0.460 e. The Morgan fingerprint density at radius 1 is 1.30 bits per heavy atom. The van der Waals surface area contributed by atoms with Crippen LogP contribution in [-0.4, -0.2) is 49.4 Å². The number of likely N-dealkylation sites (N-methyl/N-ethyl adjacent to an activating group) is 1. The van der Waals surface area contributed by atoms with E-state index in [1.165, 1.54) is 12.1 Å². The summed E-state index contributed by atoms with van der Waals surface area (Å²) in [7, 11) is 1.72. The Hall–Kier alpha value is -2.37. The number of hydrogen-bond donors (Lipinski definition) is 0. The van der Waals surface area contributed by atoms with E-state index < -0.39 is 11.8 Å². The Balaban J connectivity index is 2.22. The first-order valence-electron chi connectivity index (χ1n) is 6.38. The zero-order valence-electron chi connectivity index (χ0n) is 11.5. The van der Waals surface area contributed by atoms with Crippen LogP contribution < -0.4 is 4.90 Å². The van der Waals surface area contributed by atoms with Gasteiger partial charge in [0.25, 0.3) is 5.78 Å². The first kappa shape index (κ1) is 14.0. The van der Waals surface area contributed by atoms with E-state index in [-0.39, 0.29) is 18.2 Å². The molecule has 1 heterocycles. The maximum Gasteiger partial charge on any atom is 0.379 e. The van der Waals surface area contributed by atoms with Crippen molar-refractivity contribution < 1.29 is 19.1 Å². The second kappa shape index (κ2) is 5.73. The van der Waals surface area contributed by atoms with Gasteiger partial charge in [0.2, 0.25) is 0 Å². The van der Waals surface area contributed by atoms with Crippen LogP contribution in [0.1, 0.15) is 17.3 Å². The quantitative estimate of drug-likeness (QED) is 0.472. The first-order chi connectivity index (χ1) is 9.54. The molecule has 1 aromatic carbocycles. The van der Waals surface area contributed by atoms with Crippen LogP contribution in [0.3, 0.4) is 0 Å². The number of carbonyl (C=O) groups is 3. The number of ketones is 1. The van der Waals surface area contributed by atoms with Crippen molar-refractivity contribution in [1.82, 2.24) is 4.90 Å². The van der Waals surface area contributed by atoms with Crippen LogP contribution >= 0.6 is 0 Å². The molecule has 106 valence electrons. The number of carbonyl (C=O) groups excluding carboxylic acids is 3. The highest BCUT2D eigenvalue weighted by Crippen LogP contribution is 2.21. The minimum absolute atomic E-state index is 0.120. The van der Waals surface area contributed by atoms with E-state index >= 15 is 0 Å². The molecule has 0 N–H and O–H groups in total. The van der Waals surface area contributed by atoms with Gasteiger partial charge in [-0.05, 0) is 19.1 Å². The smallest absolute Gasteiger partial charge is 0.379 e. The second-order valence-corrected chi connectivity index (χ2v) is 4.46. The fourth-order valence-electron chi connectivity index (χ4n) is 2.02. The van der Waals surface area contributed by atoms with E-state index in [4.69, 9.17) is 0 Å². The van der Waals surface area contributed by atoms with Crippen molar-refractivity contribution in [3.8, 4) is 0 Å². The highest BCUT2D eigenvalue weighted by molar-refractivity contribution is 6.40. The van der Waals surface area contributed by atoms with Gasteiger partial charge in [0, 0.05) is 31.4 Å². The molecule has 1 fully saturated rings. The molecular weight excluding hydrogens is 260 g/mol. The van der Waals surface area contributed by atoms with Crippen LogP contribution in [0.4, 0.5) is 10.5 Å². The van der Waals surface area contributed by atoms with Crippen molar-refractivity contribution >= 4 is 23.5 Å². The van der Waals surface area contributed by atoms with Crippen LogP contribution in [0.5, 0.6) is 0 Å². The van der Waals surface area contributed by atoms with E-state index in [0.717, 1.165) is 0 Å². The Morgan fingerprint density at radius 2 is 2.05 bits per heavy atom. The van der Waals surface area contributed by atoms with Gasteiger partial charge < -0.3 is 9.64 Å². The number of ether oxygens (including phenoxy) is 1. The fraction of sp³-hybridized carbons (Fsp3) is 0.357. The molecule has 0 aliphatic carbocycles. The Morgan fingerprint density at radius 3 is 2.65 bits per heavy atom. The summed E-state index contributed by atoms with van der Waals surface area (Å²) in [6, 6.07) is 6.33. The highest BCUT2D eigenvalue weighted by atomic mass is 16.5. The van der Waals surface area contributed by atoms with Crippen molar-refractivity contribution in [2.75, 3.05) is 31.6 Å². The van der Waals surface area contributed by atoms with E-state index in [0.29, 0.717) is 18.8 Å². The number of hydrogen-bond acceptors (Lipinski definition) is 4. The third-order valence-corrected chi connectivity index (χ3v) is 3.10. The van der Waals surface area contributed by atoms with Gasteiger partial charge in [-0.25, -0.2) is 9.59 Å². The topological polar surface area (TPSA) is 66.9 Å². The molecule has 20 heavy (non-hydrogen) atoms. The molecule has 1 aliphatic heterocycles. The molecule has 2 amide bonds. The lowest BCUT2D eigenvalue weighted by atomic mass is 10.1. The average molecular weight is 276 g/mol. The molecule has 6 nitrogen and oxygen atoms in total. The number of esters is 1. The van der Waals surface area contributed by atoms with E-state index in [1.807, 2.05) is 0 Å². The van der Waals surface area contributed by atoms with Gasteiger partial charge in [0.05, 0.1) is 6.61 Å². The van der Waals surface area contributed by atoms with Crippen LogP contribution in [0.2, 0.25) is 0 Å². The molecule has 0 aromatic heterocycles. The summed E-state index contributed by atoms with van der Waals surface area (Å²) < 4.78 is 4.68. The van der Waals surface area contributed by atoms with E-state index in [9.17, 15) is 14.4 Å².